The summed E-state index contributed by atoms with van der Waals surface area (Å²) in [5.41, 5.74) is 8.15. The minimum absolute atomic E-state index is 0.994. The predicted molar refractivity (Wildman–Crippen MR) is 62.6 cm³/mol. The minimum Gasteiger partial charge on any atom is -0.402 e. The lowest BCUT2D eigenvalue weighted by Crippen LogP contribution is -2.07. The highest BCUT2D eigenvalue weighted by molar-refractivity contribution is 5.95. The summed E-state index contributed by atoms with van der Waals surface area (Å²) in [6.07, 6.45) is 10.5. The van der Waals surface area contributed by atoms with E-state index in [1.807, 2.05) is 0 Å². The number of hydrogen-bond donors (Lipinski definition) is 1. The van der Waals surface area contributed by atoms with Gasteiger partial charge in [-0.1, -0.05) is 19.8 Å². The Morgan fingerprint density at radius 1 is 1.43 bits per heavy atom. The summed E-state index contributed by atoms with van der Waals surface area (Å²) in [5.74, 6) is 0. The second kappa shape index (κ2) is 6.63. The molecule has 0 spiro atoms. The summed E-state index contributed by atoms with van der Waals surface area (Å²) < 4.78 is 0. The van der Waals surface area contributed by atoms with Crippen molar-refractivity contribution in [2.24, 2.45) is 10.7 Å². The first kappa shape index (κ1) is 11.3. The van der Waals surface area contributed by atoms with Gasteiger partial charge >= 0.3 is 0 Å². The highest BCUT2D eigenvalue weighted by Crippen LogP contribution is 2.10. The molecule has 0 fully saturated rings. The topological polar surface area (TPSA) is 38.4 Å². The van der Waals surface area contributed by atoms with E-state index in [1.165, 1.54) is 37.8 Å². The van der Waals surface area contributed by atoms with Crippen molar-refractivity contribution in [1.82, 2.24) is 0 Å². The molecule has 0 aromatic carbocycles. The quantitative estimate of drug-likeness (QED) is 0.671. The number of nitrogens with two attached hydrogens (primary N) is 1. The van der Waals surface area contributed by atoms with Crippen LogP contribution < -0.4 is 5.73 Å². The Bertz CT molecular complexity index is 216. The lowest BCUT2D eigenvalue weighted by molar-refractivity contribution is 0.708. The average Bonchev–Trinajstić information content (AvgIpc) is 2.20. The molecular weight excluding hydrogens is 172 g/mol. The molecule has 2 heteroatoms. The average molecular weight is 194 g/mol. The zero-order valence-corrected chi connectivity index (χ0v) is 9.26. The molecule has 0 atom stereocenters. The first-order chi connectivity index (χ1) is 6.83. The fourth-order valence-electron chi connectivity index (χ4n) is 1.70. The third kappa shape index (κ3) is 4.45. The lowest BCUT2D eigenvalue weighted by atomic mass is 10.1. The van der Waals surface area contributed by atoms with Crippen LogP contribution in [0.1, 0.15) is 51.9 Å². The van der Waals surface area contributed by atoms with E-state index in [0.29, 0.717) is 0 Å². The van der Waals surface area contributed by atoms with Crippen molar-refractivity contribution in [2.45, 2.75) is 51.9 Å². The van der Waals surface area contributed by atoms with Gasteiger partial charge in [-0.05, 0) is 38.2 Å². The van der Waals surface area contributed by atoms with Gasteiger partial charge in [0, 0.05) is 18.0 Å². The second-order valence-corrected chi connectivity index (χ2v) is 4.01. The lowest BCUT2D eigenvalue weighted by Gasteiger charge is -2.09. The largest absolute Gasteiger partial charge is 0.402 e. The summed E-state index contributed by atoms with van der Waals surface area (Å²) >= 11 is 0. The van der Waals surface area contributed by atoms with Gasteiger partial charge in [0.25, 0.3) is 0 Å². The Hall–Kier alpha value is -0.790. The van der Waals surface area contributed by atoms with Crippen molar-refractivity contribution in [3.8, 4) is 0 Å². The molecule has 0 aliphatic carbocycles. The number of nitrogens with zero attached hydrogens (tertiary/aromatic N) is 1. The van der Waals surface area contributed by atoms with E-state index in [0.717, 1.165) is 25.1 Å². The Balaban J connectivity index is 2.30. The van der Waals surface area contributed by atoms with Crippen LogP contribution in [-0.2, 0) is 0 Å². The Labute approximate surface area is 87.3 Å². The maximum Gasteiger partial charge on any atom is 0.0392 e. The van der Waals surface area contributed by atoms with Gasteiger partial charge in [0.1, 0.15) is 0 Å². The van der Waals surface area contributed by atoms with Gasteiger partial charge in [0.2, 0.25) is 0 Å². The highest BCUT2D eigenvalue weighted by atomic mass is 14.7. The first-order valence-electron chi connectivity index (χ1n) is 5.82. The van der Waals surface area contributed by atoms with Crippen LogP contribution in [-0.4, -0.2) is 12.3 Å². The van der Waals surface area contributed by atoms with E-state index in [9.17, 15) is 0 Å². The molecule has 0 radical (unpaired) electrons. The second-order valence-electron chi connectivity index (χ2n) is 4.01. The maximum atomic E-state index is 5.93. The van der Waals surface area contributed by atoms with Crippen LogP contribution in [0.25, 0.3) is 0 Å². The number of hydrogen-bond acceptors (Lipinski definition) is 2. The zero-order valence-electron chi connectivity index (χ0n) is 9.26. The van der Waals surface area contributed by atoms with Crippen LogP contribution in [0, 0.1) is 0 Å². The summed E-state index contributed by atoms with van der Waals surface area (Å²) in [6, 6.07) is 0. The number of rotatable bonds is 5. The molecule has 2 nitrogen and oxygen atoms in total. The Morgan fingerprint density at radius 3 is 2.93 bits per heavy atom. The molecule has 0 aromatic heterocycles. The fraction of sp³-hybridized carbons (Fsp3) is 0.750. The van der Waals surface area contributed by atoms with Gasteiger partial charge in [-0.15, -0.1) is 0 Å². The fourth-order valence-corrected chi connectivity index (χ4v) is 1.70. The van der Waals surface area contributed by atoms with Crippen LogP contribution in [0.15, 0.2) is 16.8 Å². The summed E-state index contributed by atoms with van der Waals surface area (Å²) in [4.78, 5) is 4.46. The van der Waals surface area contributed by atoms with Gasteiger partial charge in [0.15, 0.2) is 0 Å². The number of allylic oxidation sites excluding steroid dienone is 2. The number of unbranched alkanes of at least 4 members (excludes halogenated alkanes) is 2. The molecule has 0 aromatic rings. The van der Waals surface area contributed by atoms with Gasteiger partial charge in [-0.25, -0.2) is 0 Å². The normalized spacial score (nSPS) is 18.1. The van der Waals surface area contributed by atoms with E-state index in [1.54, 1.807) is 0 Å². The van der Waals surface area contributed by atoms with Crippen LogP contribution in [0.4, 0.5) is 0 Å². The van der Waals surface area contributed by atoms with Gasteiger partial charge in [0.05, 0.1) is 0 Å². The number of aliphatic imine (C=N–C) groups is 1. The van der Waals surface area contributed by atoms with Gasteiger partial charge in [-0.2, -0.15) is 0 Å². The van der Waals surface area contributed by atoms with Gasteiger partial charge in [-0.3, -0.25) is 4.99 Å². The maximum absolute atomic E-state index is 5.93. The van der Waals surface area contributed by atoms with Crippen molar-refractivity contribution < 1.29 is 0 Å². The van der Waals surface area contributed by atoms with Crippen molar-refractivity contribution in [1.29, 1.82) is 0 Å². The van der Waals surface area contributed by atoms with E-state index in [-0.39, 0.29) is 0 Å². The minimum atomic E-state index is 0.994. The van der Waals surface area contributed by atoms with Crippen molar-refractivity contribution in [3.05, 3.63) is 11.8 Å². The van der Waals surface area contributed by atoms with Crippen LogP contribution in [0.3, 0.4) is 0 Å². The van der Waals surface area contributed by atoms with E-state index in [4.69, 9.17) is 5.73 Å². The van der Waals surface area contributed by atoms with Crippen molar-refractivity contribution in [2.75, 3.05) is 6.54 Å². The Morgan fingerprint density at radius 2 is 2.29 bits per heavy atom. The predicted octanol–water partition coefficient (Wildman–Crippen LogP) is 3.03. The molecular formula is C12H22N2. The molecule has 1 heterocycles. The summed E-state index contributed by atoms with van der Waals surface area (Å²) in [5, 5.41) is 0. The van der Waals surface area contributed by atoms with Crippen LogP contribution >= 0.6 is 0 Å². The molecule has 0 saturated carbocycles. The van der Waals surface area contributed by atoms with Crippen LogP contribution in [0.5, 0.6) is 0 Å². The van der Waals surface area contributed by atoms with Gasteiger partial charge < -0.3 is 5.73 Å². The molecule has 0 saturated heterocycles. The Kier molecular flexibility index (Phi) is 5.35. The van der Waals surface area contributed by atoms with E-state index >= 15 is 0 Å². The van der Waals surface area contributed by atoms with Crippen molar-refractivity contribution >= 4 is 5.71 Å². The highest BCUT2D eigenvalue weighted by Gasteiger charge is 2.02. The van der Waals surface area contributed by atoms with E-state index < -0.39 is 0 Å². The third-order valence-electron chi connectivity index (χ3n) is 2.58. The molecule has 0 amide bonds. The molecule has 80 valence electrons. The standard InChI is InChI=1S/C12H22N2/c1-2-3-4-7-11(13)10-12-8-5-6-9-14-12/h10H,2-9,13H2,1H3/b11-10-. The smallest absolute Gasteiger partial charge is 0.0392 e. The molecule has 1 aliphatic rings. The molecule has 2 N–H and O–H groups in total. The molecule has 1 rings (SSSR count). The third-order valence-corrected chi connectivity index (χ3v) is 2.58. The molecule has 0 unspecified atom stereocenters. The molecule has 14 heavy (non-hydrogen) atoms. The zero-order chi connectivity index (χ0) is 10.2. The molecule has 0 bridgehead atoms. The SMILES string of the molecule is CCCCC/C(N)=C/C1=NCCCC1. The first-order valence-corrected chi connectivity index (χ1v) is 5.82. The molecule has 1 aliphatic heterocycles. The van der Waals surface area contributed by atoms with E-state index in [2.05, 4.69) is 18.0 Å². The van der Waals surface area contributed by atoms with Crippen molar-refractivity contribution in [3.63, 3.8) is 0 Å². The monoisotopic (exact) mass is 194 g/mol. The summed E-state index contributed by atoms with van der Waals surface area (Å²) in [7, 11) is 0. The van der Waals surface area contributed by atoms with Crippen LogP contribution in [0.2, 0.25) is 0 Å². The summed E-state index contributed by atoms with van der Waals surface area (Å²) in [6.45, 7) is 3.21.